The Morgan fingerprint density at radius 2 is 2.12 bits per heavy atom. The molecule has 94 valence electrons. The Kier molecular flexibility index (Phi) is 3.68. The lowest BCUT2D eigenvalue weighted by Crippen LogP contribution is -2.44. The highest BCUT2D eigenvalue weighted by molar-refractivity contribution is 5.85. The SMILES string of the molecule is CC1CN(C(=O)C2(C#N)CCCC2)CCCO1. The number of nitriles is 1. The van der Waals surface area contributed by atoms with E-state index in [1.165, 1.54) is 0 Å². The molecule has 4 nitrogen and oxygen atoms in total. The summed E-state index contributed by atoms with van der Waals surface area (Å²) in [4.78, 5) is 14.3. The Balaban J connectivity index is 2.10. The molecule has 0 N–H and O–H groups in total. The van der Waals surface area contributed by atoms with E-state index in [1.807, 2.05) is 11.8 Å². The summed E-state index contributed by atoms with van der Waals surface area (Å²) in [5, 5.41) is 9.33. The van der Waals surface area contributed by atoms with Crippen molar-refractivity contribution in [1.29, 1.82) is 5.26 Å². The zero-order valence-electron chi connectivity index (χ0n) is 10.4. The van der Waals surface area contributed by atoms with Gasteiger partial charge in [-0.2, -0.15) is 5.26 Å². The van der Waals surface area contributed by atoms with Gasteiger partial charge in [-0.1, -0.05) is 12.8 Å². The number of hydrogen-bond acceptors (Lipinski definition) is 3. The van der Waals surface area contributed by atoms with Gasteiger partial charge in [0, 0.05) is 19.7 Å². The molecule has 0 spiro atoms. The van der Waals surface area contributed by atoms with Crippen LogP contribution in [0.2, 0.25) is 0 Å². The Bertz CT molecular complexity index is 329. The van der Waals surface area contributed by atoms with Crippen LogP contribution in [0.1, 0.15) is 39.0 Å². The first kappa shape index (κ1) is 12.4. The number of ether oxygens (including phenoxy) is 1. The molecule has 1 saturated carbocycles. The lowest BCUT2D eigenvalue weighted by atomic mass is 9.86. The average molecular weight is 236 g/mol. The second-order valence-corrected chi connectivity index (χ2v) is 5.19. The van der Waals surface area contributed by atoms with Crippen molar-refractivity contribution < 1.29 is 9.53 Å². The predicted octanol–water partition coefficient (Wildman–Crippen LogP) is 1.71. The van der Waals surface area contributed by atoms with Gasteiger partial charge in [-0.15, -0.1) is 0 Å². The van der Waals surface area contributed by atoms with Gasteiger partial charge in [-0.05, 0) is 26.2 Å². The largest absolute Gasteiger partial charge is 0.377 e. The quantitative estimate of drug-likeness (QED) is 0.696. The van der Waals surface area contributed by atoms with Gasteiger partial charge in [0.25, 0.3) is 0 Å². The standard InChI is InChI=1S/C13H20N2O2/c1-11-9-15(7-4-8-17-11)12(16)13(10-14)5-2-3-6-13/h11H,2-9H2,1H3. The zero-order valence-corrected chi connectivity index (χ0v) is 10.4. The third-order valence-corrected chi connectivity index (χ3v) is 3.82. The summed E-state index contributed by atoms with van der Waals surface area (Å²) in [6.45, 7) is 4.05. The van der Waals surface area contributed by atoms with Crippen molar-refractivity contribution in [3.05, 3.63) is 0 Å². The van der Waals surface area contributed by atoms with Gasteiger partial charge >= 0.3 is 0 Å². The molecule has 2 rings (SSSR count). The second kappa shape index (κ2) is 5.05. The maximum atomic E-state index is 12.5. The highest BCUT2D eigenvalue weighted by Crippen LogP contribution is 2.39. The van der Waals surface area contributed by atoms with E-state index in [1.54, 1.807) is 0 Å². The summed E-state index contributed by atoms with van der Waals surface area (Å²) in [6.07, 6.45) is 4.41. The maximum absolute atomic E-state index is 12.5. The molecule has 17 heavy (non-hydrogen) atoms. The predicted molar refractivity (Wildman–Crippen MR) is 63.1 cm³/mol. The Morgan fingerprint density at radius 1 is 1.41 bits per heavy atom. The van der Waals surface area contributed by atoms with E-state index in [0.29, 0.717) is 13.2 Å². The number of carbonyl (C=O) groups excluding carboxylic acids is 1. The highest BCUT2D eigenvalue weighted by atomic mass is 16.5. The summed E-state index contributed by atoms with van der Waals surface area (Å²) in [6, 6.07) is 2.28. The van der Waals surface area contributed by atoms with Crippen LogP contribution in [-0.2, 0) is 9.53 Å². The Labute approximate surface area is 103 Å². The summed E-state index contributed by atoms with van der Waals surface area (Å²) in [5.74, 6) is 0.0369. The fourth-order valence-electron chi connectivity index (χ4n) is 2.83. The van der Waals surface area contributed by atoms with Crippen molar-refractivity contribution in [2.75, 3.05) is 19.7 Å². The van der Waals surface area contributed by atoms with E-state index >= 15 is 0 Å². The van der Waals surface area contributed by atoms with Gasteiger partial charge in [-0.3, -0.25) is 4.79 Å². The minimum Gasteiger partial charge on any atom is -0.377 e. The van der Waals surface area contributed by atoms with E-state index in [2.05, 4.69) is 6.07 Å². The summed E-state index contributed by atoms with van der Waals surface area (Å²) >= 11 is 0. The Hall–Kier alpha value is -1.08. The lowest BCUT2D eigenvalue weighted by molar-refractivity contribution is -0.139. The van der Waals surface area contributed by atoms with E-state index in [0.717, 1.165) is 38.6 Å². The molecule has 1 heterocycles. The molecule has 1 unspecified atom stereocenters. The first-order valence-electron chi connectivity index (χ1n) is 6.50. The highest BCUT2D eigenvalue weighted by Gasteiger charge is 2.44. The molecule has 0 radical (unpaired) electrons. The van der Waals surface area contributed by atoms with Crippen molar-refractivity contribution in [2.45, 2.75) is 45.1 Å². The fraction of sp³-hybridized carbons (Fsp3) is 0.846. The van der Waals surface area contributed by atoms with Crippen LogP contribution in [0.4, 0.5) is 0 Å². The molecule has 4 heteroatoms. The first-order chi connectivity index (χ1) is 8.18. The maximum Gasteiger partial charge on any atom is 0.243 e. The molecule has 0 aromatic heterocycles. The number of nitrogens with zero attached hydrogens (tertiary/aromatic N) is 2. The summed E-state index contributed by atoms with van der Waals surface area (Å²) in [5.41, 5.74) is -0.732. The van der Waals surface area contributed by atoms with Crippen LogP contribution >= 0.6 is 0 Å². The molecule has 1 aliphatic carbocycles. The van der Waals surface area contributed by atoms with Crippen molar-refractivity contribution in [3.63, 3.8) is 0 Å². The van der Waals surface area contributed by atoms with Crippen molar-refractivity contribution >= 4 is 5.91 Å². The monoisotopic (exact) mass is 236 g/mol. The molecule has 0 aromatic carbocycles. The molecule has 2 fully saturated rings. The zero-order chi connectivity index (χ0) is 12.3. The van der Waals surface area contributed by atoms with Crippen molar-refractivity contribution in [3.8, 4) is 6.07 Å². The molecule has 2 aliphatic rings. The number of hydrogen-bond donors (Lipinski definition) is 0. The van der Waals surface area contributed by atoms with Crippen LogP contribution in [0, 0.1) is 16.7 Å². The molecular weight excluding hydrogens is 216 g/mol. The smallest absolute Gasteiger partial charge is 0.243 e. The minimum atomic E-state index is -0.732. The van der Waals surface area contributed by atoms with Crippen LogP contribution in [0.25, 0.3) is 0 Å². The third-order valence-electron chi connectivity index (χ3n) is 3.82. The van der Waals surface area contributed by atoms with E-state index in [4.69, 9.17) is 4.74 Å². The Morgan fingerprint density at radius 3 is 2.76 bits per heavy atom. The van der Waals surface area contributed by atoms with Gasteiger partial charge in [0.15, 0.2) is 0 Å². The summed E-state index contributed by atoms with van der Waals surface area (Å²) in [7, 11) is 0. The molecule has 0 aromatic rings. The topological polar surface area (TPSA) is 53.3 Å². The molecule has 0 bridgehead atoms. The first-order valence-corrected chi connectivity index (χ1v) is 6.50. The molecular formula is C13H20N2O2. The van der Waals surface area contributed by atoms with Crippen molar-refractivity contribution in [1.82, 2.24) is 4.90 Å². The normalized spacial score (nSPS) is 28.5. The second-order valence-electron chi connectivity index (χ2n) is 5.19. The van der Waals surface area contributed by atoms with Gasteiger partial charge < -0.3 is 9.64 Å². The third kappa shape index (κ3) is 2.44. The van der Waals surface area contributed by atoms with E-state index < -0.39 is 5.41 Å². The van der Waals surface area contributed by atoms with Gasteiger partial charge in [0.1, 0.15) is 5.41 Å². The number of amides is 1. The van der Waals surface area contributed by atoms with E-state index in [9.17, 15) is 10.1 Å². The van der Waals surface area contributed by atoms with Crippen LogP contribution in [-0.4, -0.2) is 36.6 Å². The van der Waals surface area contributed by atoms with Gasteiger partial charge in [-0.25, -0.2) is 0 Å². The molecule has 1 saturated heterocycles. The van der Waals surface area contributed by atoms with Gasteiger partial charge in [0.05, 0.1) is 12.2 Å². The van der Waals surface area contributed by atoms with Crippen LogP contribution < -0.4 is 0 Å². The number of carbonyl (C=O) groups is 1. The average Bonchev–Trinajstić information content (AvgIpc) is 2.72. The minimum absolute atomic E-state index is 0.0369. The van der Waals surface area contributed by atoms with Crippen molar-refractivity contribution in [2.24, 2.45) is 5.41 Å². The van der Waals surface area contributed by atoms with E-state index in [-0.39, 0.29) is 12.0 Å². The van der Waals surface area contributed by atoms with Crippen LogP contribution in [0.15, 0.2) is 0 Å². The lowest BCUT2D eigenvalue weighted by Gasteiger charge is -2.29. The fourth-order valence-corrected chi connectivity index (χ4v) is 2.83. The molecule has 1 atom stereocenters. The van der Waals surface area contributed by atoms with Crippen LogP contribution in [0.3, 0.4) is 0 Å². The van der Waals surface area contributed by atoms with Gasteiger partial charge in [0.2, 0.25) is 5.91 Å². The molecule has 1 amide bonds. The molecule has 1 aliphatic heterocycles. The summed E-state index contributed by atoms with van der Waals surface area (Å²) < 4.78 is 5.54. The van der Waals surface area contributed by atoms with Crippen LogP contribution in [0.5, 0.6) is 0 Å². The number of rotatable bonds is 1.